The van der Waals surface area contributed by atoms with Crippen LogP contribution in [0, 0.1) is 27.7 Å². The molecule has 0 aliphatic heterocycles. The van der Waals surface area contributed by atoms with Gasteiger partial charge >= 0.3 is 0 Å². The fourth-order valence-electron chi connectivity index (χ4n) is 3.24. The van der Waals surface area contributed by atoms with Gasteiger partial charge in [-0.25, -0.2) is 16.8 Å². The van der Waals surface area contributed by atoms with Crippen molar-refractivity contribution in [3.8, 4) is 5.75 Å². The molecule has 2 rings (SSSR count). The van der Waals surface area contributed by atoms with Crippen LogP contribution in [0.3, 0.4) is 0 Å². The van der Waals surface area contributed by atoms with E-state index in [1.54, 1.807) is 13.8 Å². The third kappa shape index (κ3) is 5.99. The molecule has 9 nitrogen and oxygen atoms in total. The van der Waals surface area contributed by atoms with Gasteiger partial charge in [-0.1, -0.05) is 6.07 Å². The molecule has 0 radical (unpaired) electrons. The molecule has 1 atom stereocenters. The second-order valence-corrected chi connectivity index (χ2v) is 11.1. The maximum absolute atomic E-state index is 13.1. The standard InChI is InChI=1S/C21H29N3O6S2/c1-12-10-13(2)15(4)20(14(12)3)32(28,29)23-16(5)21(25)22-17-8-9-19(30-6)18(11-17)24-31(7,26)27/h8-11,16,23-24H,1-7H3,(H,22,25)/t16-/m1/s1. The molecule has 0 spiro atoms. The largest absolute Gasteiger partial charge is 0.495 e. The highest BCUT2D eigenvalue weighted by Gasteiger charge is 2.26. The van der Waals surface area contributed by atoms with Crippen LogP contribution in [0.2, 0.25) is 0 Å². The summed E-state index contributed by atoms with van der Waals surface area (Å²) in [5.41, 5.74) is 3.35. The van der Waals surface area contributed by atoms with E-state index in [4.69, 9.17) is 4.74 Å². The summed E-state index contributed by atoms with van der Waals surface area (Å²) in [6.07, 6.45) is 0.992. The number of methoxy groups -OCH3 is 1. The molecule has 0 saturated carbocycles. The van der Waals surface area contributed by atoms with Crippen molar-refractivity contribution < 1.29 is 26.4 Å². The molecule has 1 amide bonds. The van der Waals surface area contributed by atoms with Crippen LogP contribution in [0.1, 0.15) is 29.2 Å². The van der Waals surface area contributed by atoms with Crippen molar-refractivity contribution >= 4 is 37.3 Å². The summed E-state index contributed by atoms with van der Waals surface area (Å²) in [5, 5.41) is 2.59. The zero-order valence-corrected chi connectivity index (χ0v) is 20.8. The maximum atomic E-state index is 13.1. The van der Waals surface area contributed by atoms with Crippen molar-refractivity contribution in [2.24, 2.45) is 0 Å². The molecule has 0 aromatic heterocycles. The van der Waals surface area contributed by atoms with Gasteiger partial charge in [-0.15, -0.1) is 0 Å². The van der Waals surface area contributed by atoms with Crippen molar-refractivity contribution in [2.45, 2.75) is 45.6 Å². The second-order valence-electron chi connectivity index (χ2n) is 7.71. The number of rotatable bonds is 8. The average molecular weight is 484 g/mol. The monoisotopic (exact) mass is 483 g/mol. The Hall–Kier alpha value is -2.63. The minimum absolute atomic E-state index is 0.141. The van der Waals surface area contributed by atoms with Crippen molar-refractivity contribution in [1.29, 1.82) is 0 Å². The molecule has 11 heteroatoms. The fourth-order valence-corrected chi connectivity index (χ4v) is 5.62. The molecule has 0 saturated heterocycles. The smallest absolute Gasteiger partial charge is 0.242 e. The van der Waals surface area contributed by atoms with Crippen LogP contribution in [0.5, 0.6) is 5.75 Å². The first kappa shape index (κ1) is 25.6. The average Bonchev–Trinajstić information content (AvgIpc) is 2.65. The van der Waals surface area contributed by atoms with E-state index in [2.05, 4.69) is 14.8 Å². The minimum Gasteiger partial charge on any atom is -0.495 e. The maximum Gasteiger partial charge on any atom is 0.242 e. The van der Waals surface area contributed by atoms with Crippen LogP contribution in [-0.4, -0.2) is 42.2 Å². The van der Waals surface area contributed by atoms with Gasteiger partial charge in [0.15, 0.2) is 0 Å². The quantitative estimate of drug-likeness (QED) is 0.529. The Balaban J connectivity index is 2.27. The number of nitrogens with one attached hydrogen (secondary N) is 3. The number of sulfonamides is 2. The summed E-state index contributed by atoms with van der Waals surface area (Å²) in [6, 6.07) is 5.22. The molecule has 0 aliphatic carbocycles. The SMILES string of the molecule is COc1ccc(NC(=O)[C@@H](C)NS(=O)(=O)c2c(C)c(C)cc(C)c2C)cc1NS(C)(=O)=O. The highest BCUT2D eigenvalue weighted by molar-refractivity contribution is 7.92. The lowest BCUT2D eigenvalue weighted by Crippen LogP contribution is -2.42. The molecule has 0 fully saturated rings. The predicted octanol–water partition coefficient (Wildman–Crippen LogP) is 2.61. The number of ether oxygens (including phenoxy) is 1. The van der Waals surface area contributed by atoms with E-state index in [-0.39, 0.29) is 22.0 Å². The summed E-state index contributed by atoms with van der Waals surface area (Å²) >= 11 is 0. The molecule has 176 valence electrons. The van der Waals surface area contributed by atoms with Gasteiger partial charge in [0, 0.05) is 5.69 Å². The first-order chi connectivity index (χ1) is 14.7. The summed E-state index contributed by atoms with van der Waals surface area (Å²) in [7, 11) is -6.16. The lowest BCUT2D eigenvalue weighted by atomic mass is 10.0. The Morgan fingerprint density at radius 3 is 2.03 bits per heavy atom. The van der Waals surface area contributed by atoms with E-state index in [0.717, 1.165) is 17.4 Å². The number of hydrogen-bond donors (Lipinski definition) is 3. The van der Waals surface area contributed by atoms with E-state index in [0.29, 0.717) is 11.1 Å². The van der Waals surface area contributed by atoms with Gasteiger partial charge in [0.1, 0.15) is 5.75 Å². The van der Waals surface area contributed by atoms with Gasteiger partial charge < -0.3 is 10.1 Å². The predicted molar refractivity (Wildman–Crippen MR) is 125 cm³/mol. The Kier molecular flexibility index (Phi) is 7.59. The van der Waals surface area contributed by atoms with Crippen LogP contribution in [0.15, 0.2) is 29.2 Å². The van der Waals surface area contributed by atoms with Crippen LogP contribution < -0.4 is 19.5 Å². The van der Waals surface area contributed by atoms with Crippen molar-refractivity contribution in [1.82, 2.24) is 4.72 Å². The molecule has 0 bridgehead atoms. The van der Waals surface area contributed by atoms with Crippen molar-refractivity contribution in [3.05, 3.63) is 46.5 Å². The van der Waals surface area contributed by atoms with Crippen LogP contribution in [-0.2, 0) is 24.8 Å². The van der Waals surface area contributed by atoms with Gasteiger partial charge in [-0.3, -0.25) is 9.52 Å². The number of amides is 1. The molecule has 2 aromatic rings. The first-order valence-electron chi connectivity index (χ1n) is 9.72. The third-order valence-corrected chi connectivity index (χ3v) is 7.46. The third-order valence-electron chi connectivity index (χ3n) is 5.05. The highest BCUT2D eigenvalue weighted by Crippen LogP contribution is 2.29. The normalized spacial score (nSPS) is 12.8. The highest BCUT2D eigenvalue weighted by atomic mass is 32.2. The topological polar surface area (TPSA) is 131 Å². The van der Waals surface area contributed by atoms with Crippen LogP contribution in [0.4, 0.5) is 11.4 Å². The number of aryl methyl sites for hydroxylation is 2. The molecule has 0 aliphatic rings. The summed E-state index contributed by atoms with van der Waals surface area (Å²) in [4.78, 5) is 12.8. The molecule has 0 unspecified atom stereocenters. The van der Waals surface area contributed by atoms with Gasteiger partial charge in [-0.2, -0.15) is 4.72 Å². The Morgan fingerprint density at radius 1 is 0.969 bits per heavy atom. The van der Waals surface area contributed by atoms with Gasteiger partial charge in [0.25, 0.3) is 0 Å². The van der Waals surface area contributed by atoms with Gasteiger partial charge in [0.2, 0.25) is 26.0 Å². The molecular weight excluding hydrogens is 454 g/mol. The Labute approximate surface area is 189 Å². The fraction of sp³-hybridized carbons (Fsp3) is 0.381. The Morgan fingerprint density at radius 2 is 1.53 bits per heavy atom. The van der Waals surface area contributed by atoms with E-state index < -0.39 is 32.0 Å². The summed E-state index contributed by atoms with van der Waals surface area (Å²) < 4.78 is 59.1. The summed E-state index contributed by atoms with van der Waals surface area (Å²) in [5.74, 6) is -0.341. The van der Waals surface area contributed by atoms with Crippen LogP contribution >= 0.6 is 0 Å². The molecular formula is C21H29N3O6S2. The Bertz CT molecular complexity index is 1230. The zero-order valence-electron chi connectivity index (χ0n) is 19.2. The van der Waals surface area contributed by atoms with E-state index >= 15 is 0 Å². The number of anilines is 2. The van der Waals surface area contributed by atoms with E-state index in [9.17, 15) is 21.6 Å². The van der Waals surface area contributed by atoms with E-state index in [1.165, 1.54) is 32.2 Å². The van der Waals surface area contributed by atoms with Crippen molar-refractivity contribution in [3.63, 3.8) is 0 Å². The van der Waals surface area contributed by atoms with Gasteiger partial charge in [0.05, 0.1) is 30.0 Å². The lowest BCUT2D eigenvalue weighted by Gasteiger charge is -2.19. The number of carbonyl (C=O) groups is 1. The van der Waals surface area contributed by atoms with Crippen LogP contribution in [0.25, 0.3) is 0 Å². The lowest BCUT2D eigenvalue weighted by molar-refractivity contribution is -0.117. The second kappa shape index (κ2) is 9.47. The number of carbonyl (C=O) groups excluding carboxylic acids is 1. The first-order valence-corrected chi connectivity index (χ1v) is 13.1. The minimum atomic E-state index is -3.97. The molecule has 3 N–H and O–H groups in total. The number of hydrogen-bond acceptors (Lipinski definition) is 6. The summed E-state index contributed by atoms with van der Waals surface area (Å²) in [6.45, 7) is 8.56. The molecule has 0 heterocycles. The van der Waals surface area contributed by atoms with Gasteiger partial charge in [-0.05, 0) is 75.1 Å². The molecule has 32 heavy (non-hydrogen) atoms. The zero-order chi connectivity index (χ0) is 24.4. The van der Waals surface area contributed by atoms with E-state index in [1.807, 2.05) is 19.9 Å². The van der Waals surface area contributed by atoms with Crippen molar-refractivity contribution in [2.75, 3.05) is 23.4 Å². The number of benzene rings is 2. The molecule has 2 aromatic carbocycles.